The Kier molecular flexibility index (Phi) is 6.23. The van der Waals surface area contributed by atoms with E-state index in [1.165, 1.54) is 37.3 Å². The van der Waals surface area contributed by atoms with Gasteiger partial charge in [0.1, 0.15) is 11.8 Å². The maximum atomic E-state index is 12.4. The van der Waals surface area contributed by atoms with E-state index in [-0.39, 0.29) is 39.1 Å². The van der Waals surface area contributed by atoms with Gasteiger partial charge in [0.15, 0.2) is 5.78 Å². The first kappa shape index (κ1) is 19.8. The number of hydrogen-bond donors (Lipinski definition) is 3. The number of Topliss-reactive ketones (excluding diaryl/α,β-unsaturated/α-hetero) is 1. The predicted octanol–water partition coefficient (Wildman–Crippen LogP) is 3.33. The summed E-state index contributed by atoms with van der Waals surface area (Å²) in [4.78, 5) is 35.4. The minimum atomic E-state index is -1.28. The van der Waals surface area contributed by atoms with E-state index < -0.39 is 17.9 Å². The molecular weight excluding hydrogens is 381 g/mol. The second-order valence-electron chi connectivity index (χ2n) is 5.57. The van der Waals surface area contributed by atoms with Crippen LogP contribution in [-0.4, -0.2) is 33.9 Å². The number of phenols is 1. The zero-order valence-electron chi connectivity index (χ0n) is 13.6. The number of aromatic hydroxyl groups is 1. The molecule has 2 aromatic carbocycles. The molecule has 0 aliphatic rings. The minimum Gasteiger partial charge on any atom is -0.507 e. The van der Waals surface area contributed by atoms with E-state index in [0.29, 0.717) is 5.56 Å². The molecule has 0 fully saturated rings. The smallest absolute Gasteiger partial charge is 0.326 e. The number of carboxylic acid groups (broad SMARTS) is 1. The fraction of sp³-hybridized carbons (Fsp3) is 0.167. The first-order valence-electron chi connectivity index (χ1n) is 7.51. The van der Waals surface area contributed by atoms with Crippen molar-refractivity contribution >= 4 is 40.9 Å². The quantitative estimate of drug-likeness (QED) is 0.650. The lowest BCUT2D eigenvalue weighted by Gasteiger charge is -2.16. The molecule has 1 atom stereocenters. The summed E-state index contributed by atoms with van der Waals surface area (Å²) in [6, 6.07) is 7.40. The summed E-state index contributed by atoms with van der Waals surface area (Å²) in [6.07, 6.45) is -0.0935. The third-order valence-electron chi connectivity index (χ3n) is 3.67. The Bertz CT molecular complexity index is 862. The number of nitrogens with one attached hydrogen (secondary N) is 1. The van der Waals surface area contributed by atoms with Crippen LogP contribution < -0.4 is 5.32 Å². The molecule has 1 amide bonds. The van der Waals surface area contributed by atoms with Gasteiger partial charge < -0.3 is 15.5 Å². The Hall–Kier alpha value is -2.57. The van der Waals surface area contributed by atoms with Gasteiger partial charge in [-0.15, -0.1) is 0 Å². The summed E-state index contributed by atoms with van der Waals surface area (Å²) < 4.78 is 0. The fourth-order valence-corrected chi connectivity index (χ4v) is 2.94. The van der Waals surface area contributed by atoms with Crippen molar-refractivity contribution in [3.05, 3.63) is 63.1 Å². The number of ketones is 1. The molecular formula is C18H15Cl2NO5. The molecule has 0 aliphatic carbocycles. The zero-order chi connectivity index (χ0) is 19.4. The number of amides is 1. The van der Waals surface area contributed by atoms with Crippen LogP contribution in [0.4, 0.5) is 0 Å². The fourth-order valence-electron chi connectivity index (χ4n) is 2.37. The number of phenolic OH excluding ortho intramolecular Hbond substituents is 1. The highest BCUT2D eigenvalue weighted by Gasteiger charge is 2.24. The van der Waals surface area contributed by atoms with Crippen LogP contribution in [0.25, 0.3) is 0 Å². The molecule has 0 heterocycles. The van der Waals surface area contributed by atoms with Crippen LogP contribution in [0.5, 0.6) is 5.75 Å². The summed E-state index contributed by atoms with van der Waals surface area (Å²) in [5.41, 5.74) is 0.523. The van der Waals surface area contributed by atoms with Crippen LogP contribution in [0.15, 0.2) is 36.4 Å². The first-order valence-corrected chi connectivity index (χ1v) is 8.26. The van der Waals surface area contributed by atoms with E-state index in [1.807, 2.05) is 0 Å². The Morgan fingerprint density at radius 3 is 2.27 bits per heavy atom. The number of aliphatic carboxylic acids is 1. The molecule has 136 valence electrons. The number of carbonyl (C=O) groups excluding carboxylic acids is 2. The lowest BCUT2D eigenvalue weighted by Crippen LogP contribution is -2.42. The van der Waals surface area contributed by atoms with Crippen LogP contribution in [0, 0.1) is 0 Å². The van der Waals surface area contributed by atoms with Gasteiger partial charge in [-0.05, 0) is 36.8 Å². The van der Waals surface area contributed by atoms with Crippen molar-refractivity contribution < 1.29 is 24.6 Å². The summed E-state index contributed by atoms with van der Waals surface area (Å²) in [6.45, 7) is 1.29. The molecule has 0 unspecified atom stereocenters. The molecule has 0 aromatic heterocycles. The molecule has 0 spiro atoms. The van der Waals surface area contributed by atoms with Crippen molar-refractivity contribution in [2.24, 2.45) is 0 Å². The summed E-state index contributed by atoms with van der Waals surface area (Å²) >= 11 is 11.9. The molecule has 6 nitrogen and oxygen atoms in total. The van der Waals surface area contributed by atoms with E-state index in [4.69, 9.17) is 23.2 Å². The van der Waals surface area contributed by atoms with Crippen molar-refractivity contribution in [2.45, 2.75) is 19.4 Å². The van der Waals surface area contributed by atoms with Crippen LogP contribution in [0.2, 0.25) is 10.0 Å². The highest BCUT2D eigenvalue weighted by atomic mass is 35.5. The third-order valence-corrected chi connectivity index (χ3v) is 4.30. The monoisotopic (exact) mass is 395 g/mol. The Balaban J connectivity index is 2.25. The standard InChI is InChI=1S/C18H15Cl2NO5/c1-9(22)11-7-10(5-6-15(11)23)8-14(18(25)26)21-17(24)16-12(19)3-2-4-13(16)20/h2-7,14,23H,8H2,1H3,(H,21,24)(H,25,26)/t14-/m0/s1. The van der Waals surface area contributed by atoms with Crippen molar-refractivity contribution in [3.8, 4) is 5.75 Å². The molecule has 0 saturated carbocycles. The first-order chi connectivity index (χ1) is 12.2. The van der Waals surface area contributed by atoms with Crippen molar-refractivity contribution in [2.75, 3.05) is 0 Å². The van der Waals surface area contributed by atoms with Gasteiger partial charge >= 0.3 is 5.97 Å². The van der Waals surface area contributed by atoms with Crippen LogP contribution in [0.1, 0.15) is 33.2 Å². The normalized spacial score (nSPS) is 11.7. The van der Waals surface area contributed by atoms with Crippen molar-refractivity contribution in [1.82, 2.24) is 5.32 Å². The Morgan fingerprint density at radius 1 is 1.12 bits per heavy atom. The molecule has 26 heavy (non-hydrogen) atoms. The maximum absolute atomic E-state index is 12.4. The molecule has 0 bridgehead atoms. The van der Waals surface area contributed by atoms with Gasteiger partial charge in [0.2, 0.25) is 0 Å². The topological polar surface area (TPSA) is 104 Å². The van der Waals surface area contributed by atoms with Gasteiger partial charge in [0, 0.05) is 6.42 Å². The van der Waals surface area contributed by atoms with Gasteiger partial charge in [0.05, 0.1) is 21.2 Å². The summed E-state index contributed by atoms with van der Waals surface area (Å²) in [7, 11) is 0. The van der Waals surface area contributed by atoms with Gasteiger partial charge in [-0.1, -0.05) is 35.3 Å². The molecule has 8 heteroatoms. The van der Waals surface area contributed by atoms with E-state index in [9.17, 15) is 24.6 Å². The average Bonchev–Trinajstić information content (AvgIpc) is 2.55. The van der Waals surface area contributed by atoms with Crippen LogP contribution in [-0.2, 0) is 11.2 Å². The summed E-state index contributed by atoms with van der Waals surface area (Å²) in [5, 5.41) is 21.6. The zero-order valence-corrected chi connectivity index (χ0v) is 15.1. The van der Waals surface area contributed by atoms with Gasteiger partial charge in [0.25, 0.3) is 5.91 Å². The second kappa shape index (κ2) is 8.21. The van der Waals surface area contributed by atoms with E-state index in [0.717, 1.165) is 0 Å². The number of hydrogen-bond acceptors (Lipinski definition) is 4. The number of carbonyl (C=O) groups is 3. The Labute approximate surface area is 159 Å². The highest BCUT2D eigenvalue weighted by Crippen LogP contribution is 2.24. The number of halogens is 2. The molecule has 0 saturated heterocycles. The van der Waals surface area contributed by atoms with Crippen LogP contribution in [0.3, 0.4) is 0 Å². The number of rotatable bonds is 6. The number of carboxylic acids is 1. The third kappa shape index (κ3) is 4.53. The van der Waals surface area contributed by atoms with E-state index >= 15 is 0 Å². The highest BCUT2D eigenvalue weighted by molar-refractivity contribution is 6.39. The predicted molar refractivity (Wildman–Crippen MR) is 97.2 cm³/mol. The van der Waals surface area contributed by atoms with Crippen molar-refractivity contribution in [1.29, 1.82) is 0 Å². The molecule has 0 aliphatic heterocycles. The molecule has 2 aromatic rings. The SMILES string of the molecule is CC(=O)c1cc(C[C@H](NC(=O)c2c(Cl)cccc2Cl)C(=O)O)ccc1O. The van der Waals surface area contributed by atoms with Gasteiger partial charge in [-0.2, -0.15) is 0 Å². The lowest BCUT2D eigenvalue weighted by atomic mass is 10.0. The average molecular weight is 396 g/mol. The second-order valence-corrected chi connectivity index (χ2v) is 6.39. The molecule has 0 radical (unpaired) electrons. The molecule has 2 rings (SSSR count). The lowest BCUT2D eigenvalue weighted by molar-refractivity contribution is -0.139. The van der Waals surface area contributed by atoms with E-state index in [1.54, 1.807) is 6.07 Å². The summed E-state index contributed by atoms with van der Waals surface area (Å²) in [5.74, 6) is -2.54. The van der Waals surface area contributed by atoms with E-state index in [2.05, 4.69) is 5.32 Å². The van der Waals surface area contributed by atoms with Crippen LogP contribution >= 0.6 is 23.2 Å². The molecule has 3 N–H and O–H groups in total. The maximum Gasteiger partial charge on any atom is 0.326 e. The van der Waals surface area contributed by atoms with Gasteiger partial charge in [-0.25, -0.2) is 4.79 Å². The van der Waals surface area contributed by atoms with Crippen molar-refractivity contribution in [3.63, 3.8) is 0 Å². The minimum absolute atomic E-state index is 0.0165. The Morgan fingerprint density at radius 2 is 1.73 bits per heavy atom. The van der Waals surface area contributed by atoms with Gasteiger partial charge in [-0.3, -0.25) is 9.59 Å². The largest absolute Gasteiger partial charge is 0.507 e. The number of benzene rings is 2.